The van der Waals surface area contributed by atoms with E-state index in [2.05, 4.69) is 0 Å². The molecule has 0 aromatic heterocycles. The van der Waals surface area contributed by atoms with E-state index in [1.165, 1.54) is 12.1 Å². The molecule has 1 amide bonds. The molecular formula is C18H20F3NO2. The summed E-state index contributed by atoms with van der Waals surface area (Å²) in [4.78, 5) is 14.1. The van der Waals surface area contributed by atoms with Gasteiger partial charge in [0, 0.05) is 12.6 Å². The van der Waals surface area contributed by atoms with Gasteiger partial charge in [0.05, 0.1) is 17.7 Å². The monoisotopic (exact) mass is 339 g/mol. The number of hydrogen-bond donors (Lipinski definition) is 1. The van der Waals surface area contributed by atoms with Gasteiger partial charge in [-0.15, -0.1) is 0 Å². The molecule has 0 radical (unpaired) electrons. The number of nitrogens with zero attached hydrogens (tertiary/aromatic N) is 1. The summed E-state index contributed by atoms with van der Waals surface area (Å²) in [6.07, 6.45) is -0.898. The van der Waals surface area contributed by atoms with Crippen molar-refractivity contribution in [3.63, 3.8) is 0 Å². The third-order valence-corrected chi connectivity index (χ3v) is 4.76. The lowest BCUT2D eigenvalue weighted by Crippen LogP contribution is -2.30. The zero-order chi connectivity index (χ0) is 17.5. The minimum absolute atomic E-state index is 0.180. The van der Waals surface area contributed by atoms with Gasteiger partial charge in [-0.05, 0) is 49.8 Å². The molecular weight excluding hydrogens is 319 g/mol. The van der Waals surface area contributed by atoms with Gasteiger partial charge in [-0.1, -0.05) is 17.7 Å². The first kappa shape index (κ1) is 17.0. The van der Waals surface area contributed by atoms with E-state index in [1.807, 2.05) is 6.92 Å². The molecule has 24 heavy (non-hydrogen) atoms. The zero-order valence-electron chi connectivity index (χ0n) is 13.4. The lowest BCUT2D eigenvalue weighted by molar-refractivity contribution is -0.137. The minimum atomic E-state index is -4.38. The highest BCUT2D eigenvalue weighted by Gasteiger charge is 2.36. The van der Waals surface area contributed by atoms with Gasteiger partial charge in [-0.3, -0.25) is 4.79 Å². The van der Waals surface area contributed by atoms with Gasteiger partial charge in [0.1, 0.15) is 0 Å². The van der Waals surface area contributed by atoms with E-state index in [4.69, 9.17) is 0 Å². The first-order valence-corrected chi connectivity index (χ1v) is 8.09. The second-order valence-corrected chi connectivity index (χ2v) is 6.68. The number of rotatable bonds is 3. The van der Waals surface area contributed by atoms with Crippen molar-refractivity contribution >= 4 is 5.91 Å². The number of carbonyl (C=O) groups is 1. The van der Waals surface area contributed by atoms with Crippen LogP contribution in [0, 0.1) is 5.92 Å². The second-order valence-electron chi connectivity index (χ2n) is 6.68. The number of likely N-dealkylation sites (tertiary alicyclic amines) is 1. The molecule has 1 heterocycles. The highest BCUT2D eigenvalue weighted by Crippen LogP contribution is 2.38. The van der Waals surface area contributed by atoms with E-state index in [0.717, 1.165) is 30.5 Å². The third-order valence-electron chi connectivity index (χ3n) is 4.76. The zero-order valence-corrected chi connectivity index (χ0v) is 13.4. The smallest absolute Gasteiger partial charge is 0.391 e. The van der Waals surface area contributed by atoms with Crippen LogP contribution in [0.1, 0.15) is 43.4 Å². The number of halogens is 3. The van der Waals surface area contributed by atoms with Crippen molar-refractivity contribution in [2.24, 2.45) is 5.92 Å². The van der Waals surface area contributed by atoms with Crippen LogP contribution < -0.4 is 0 Å². The number of carbonyl (C=O) groups excluding carboxylic acids is 1. The summed E-state index contributed by atoms with van der Waals surface area (Å²) in [6, 6.07) is 4.44. The molecule has 2 aliphatic rings. The quantitative estimate of drug-likeness (QED) is 0.853. The fraction of sp³-hybridized carbons (Fsp3) is 0.500. The second kappa shape index (κ2) is 6.24. The SMILES string of the molecule is C/C(=C/C(=O)N1CC(O)CC1c1ccc(C(F)(F)F)cc1)C1CC1. The molecule has 1 saturated carbocycles. The van der Waals surface area contributed by atoms with Gasteiger partial charge in [0.25, 0.3) is 0 Å². The summed E-state index contributed by atoms with van der Waals surface area (Å²) >= 11 is 0. The number of aliphatic hydroxyl groups excluding tert-OH is 1. The molecule has 130 valence electrons. The van der Waals surface area contributed by atoms with Gasteiger partial charge in [-0.25, -0.2) is 0 Å². The Balaban J connectivity index is 1.80. The van der Waals surface area contributed by atoms with Crippen LogP contribution in [0.25, 0.3) is 0 Å². The summed E-state index contributed by atoms with van der Waals surface area (Å²) in [6.45, 7) is 2.13. The normalized spacial score (nSPS) is 25.2. The number of aliphatic hydroxyl groups is 1. The molecule has 1 aliphatic heterocycles. The van der Waals surface area contributed by atoms with Crippen LogP contribution in [0.3, 0.4) is 0 Å². The van der Waals surface area contributed by atoms with Crippen LogP contribution in [-0.2, 0) is 11.0 Å². The number of amides is 1. The standard InChI is InChI=1S/C18H20F3NO2/c1-11(12-2-3-12)8-17(24)22-10-15(23)9-16(22)13-4-6-14(7-5-13)18(19,20)21/h4-8,12,15-16,23H,2-3,9-10H2,1H3/b11-8-. The van der Waals surface area contributed by atoms with E-state index >= 15 is 0 Å². The van der Waals surface area contributed by atoms with Gasteiger partial charge in [-0.2, -0.15) is 13.2 Å². The minimum Gasteiger partial charge on any atom is -0.391 e. The van der Waals surface area contributed by atoms with Crippen molar-refractivity contribution < 1.29 is 23.1 Å². The Bertz CT molecular complexity index is 647. The molecule has 2 fully saturated rings. The topological polar surface area (TPSA) is 40.5 Å². The van der Waals surface area contributed by atoms with E-state index in [-0.39, 0.29) is 12.5 Å². The molecule has 1 saturated heterocycles. The summed E-state index contributed by atoms with van der Waals surface area (Å²) < 4.78 is 38.0. The molecule has 3 rings (SSSR count). The summed E-state index contributed by atoms with van der Waals surface area (Å²) in [7, 11) is 0. The lowest BCUT2D eigenvalue weighted by atomic mass is 10.0. The third kappa shape index (κ3) is 3.64. The van der Waals surface area contributed by atoms with Crippen molar-refractivity contribution in [1.29, 1.82) is 0 Å². The van der Waals surface area contributed by atoms with E-state index in [1.54, 1.807) is 11.0 Å². The molecule has 1 N–H and O–H groups in total. The Morgan fingerprint density at radius 2 is 1.88 bits per heavy atom. The maximum Gasteiger partial charge on any atom is 0.416 e. The average molecular weight is 339 g/mol. The van der Waals surface area contributed by atoms with Gasteiger partial charge in [0.15, 0.2) is 0 Å². The number of alkyl halides is 3. The number of benzene rings is 1. The van der Waals surface area contributed by atoms with Crippen LogP contribution in [0.2, 0.25) is 0 Å². The Hall–Kier alpha value is -1.82. The van der Waals surface area contributed by atoms with Gasteiger partial charge < -0.3 is 10.0 Å². The Labute approximate surface area is 138 Å². The fourth-order valence-corrected chi connectivity index (χ4v) is 3.20. The predicted molar refractivity (Wildman–Crippen MR) is 83.0 cm³/mol. The van der Waals surface area contributed by atoms with E-state index < -0.39 is 23.9 Å². The largest absolute Gasteiger partial charge is 0.416 e. The highest BCUT2D eigenvalue weighted by atomic mass is 19.4. The Morgan fingerprint density at radius 1 is 1.25 bits per heavy atom. The number of β-amino-alcohol motifs (C(OH)–C–C–N with tert-alkyl or cyclic N) is 1. The van der Waals surface area contributed by atoms with Crippen LogP contribution >= 0.6 is 0 Å². The average Bonchev–Trinajstić information content (AvgIpc) is 3.29. The summed E-state index contributed by atoms with van der Waals surface area (Å²) in [5.74, 6) is 0.298. The summed E-state index contributed by atoms with van der Waals surface area (Å²) in [5, 5.41) is 9.93. The van der Waals surface area contributed by atoms with Crippen LogP contribution in [-0.4, -0.2) is 28.6 Å². The van der Waals surface area contributed by atoms with Gasteiger partial charge >= 0.3 is 6.18 Å². The van der Waals surface area contributed by atoms with Crippen molar-refractivity contribution in [1.82, 2.24) is 4.90 Å². The van der Waals surface area contributed by atoms with Crippen molar-refractivity contribution in [3.05, 3.63) is 47.0 Å². The van der Waals surface area contributed by atoms with Crippen LogP contribution in [0.15, 0.2) is 35.9 Å². The van der Waals surface area contributed by atoms with Crippen LogP contribution in [0.4, 0.5) is 13.2 Å². The van der Waals surface area contributed by atoms with Gasteiger partial charge in [0.2, 0.25) is 5.91 Å². The number of hydrogen-bond acceptors (Lipinski definition) is 2. The molecule has 1 aromatic carbocycles. The lowest BCUT2D eigenvalue weighted by Gasteiger charge is -2.24. The number of allylic oxidation sites excluding steroid dienone is 1. The molecule has 0 bridgehead atoms. The first-order chi connectivity index (χ1) is 11.3. The van der Waals surface area contributed by atoms with E-state index in [0.29, 0.717) is 17.9 Å². The predicted octanol–water partition coefficient (Wildman–Crippen LogP) is 3.70. The molecule has 2 unspecified atom stereocenters. The molecule has 2 atom stereocenters. The van der Waals surface area contributed by atoms with Crippen molar-refractivity contribution in [3.8, 4) is 0 Å². The first-order valence-electron chi connectivity index (χ1n) is 8.09. The maximum atomic E-state index is 12.7. The Kier molecular flexibility index (Phi) is 4.42. The fourth-order valence-electron chi connectivity index (χ4n) is 3.20. The molecule has 0 spiro atoms. The Morgan fingerprint density at radius 3 is 2.42 bits per heavy atom. The van der Waals surface area contributed by atoms with Crippen molar-refractivity contribution in [2.75, 3.05) is 6.54 Å². The maximum absolute atomic E-state index is 12.7. The van der Waals surface area contributed by atoms with Crippen LogP contribution in [0.5, 0.6) is 0 Å². The highest BCUT2D eigenvalue weighted by molar-refractivity contribution is 5.89. The molecule has 3 nitrogen and oxygen atoms in total. The van der Waals surface area contributed by atoms with Crippen molar-refractivity contribution in [2.45, 2.75) is 44.5 Å². The molecule has 6 heteroatoms. The van der Waals surface area contributed by atoms with E-state index in [9.17, 15) is 23.1 Å². The molecule has 1 aromatic rings. The molecule has 1 aliphatic carbocycles. The summed E-state index contributed by atoms with van der Waals surface area (Å²) in [5.41, 5.74) is 0.935.